The summed E-state index contributed by atoms with van der Waals surface area (Å²) < 4.78 is 0. The highest BCUT2D eigenvalue weighted by molar-refractivity contribution is 6.23. The van der Waals surface area contributed by atoms with Gasteiger partial charge in [-0.1, -0.05) is 218 Å². The summed E-state index contributed by atoms with van der Waals surface area (Å²) in [7, 11) is 0. The highest BCUT2D eigenvalue weighted by atomic mass is 14.2. The van der Waals surface area contributed by atoms with Crippen LogP contribution >= 0.6 is 0 Å². The molecule has 0 nitrogen and oxygen atoms in total. The van der Waals surface area contributed by atoms with Crippen LogP contribution in [0, 0.1) is 0 Å². The molecule has 0 aromatic heterocycles. The van der Waals surface area contributed by atoms with Crippen molar-refractivity contribution in [3.05, 3.63) is 231 Å². The second-order valence-corrected chi connectivity index (χ2v) is 15.1. The van der Waals surface area contributed by atoms with E-state index in [1.54, 1.807) is 0 Å². The van der Waals surface area contributed by atoms with Crippen LogP contribution in [-0.4, -0.2) is 0 Å². The summed E-state index contributed by atoms with van der Waals surface area (Å²) in [6, 6.07) is 84.4. The molecule has 0 aliphatic carbocycles. The molecule has 270 valence electrons. The summed E-state index contributed by atoms with van der Waals surface area (Å²) in [5.74, 6) is 0. The second kappa shape index (κ2) is 14.2. The van der Waals surface area contributed by atoms with Crippen molar-refractivity contribution in [3.63, 3.8) is 0 Å². The summed E-state index contributed by atoms with van der Waals surface area (Å²) in [5.41, 5.74) is 14.8. The third-order valence-corrected chi connectivity index (χ3v) is 11.8. The lowest BCUT2D eigenvalue weighted by atomic mass is 9.84. The fourth-order valence-corrected chi connectivity index (χ4v) is 9.38. The lowest BCUT2D eigenvalue weighted by Crippen LogP contribution is -1.92. The molecule has 0 heterocycles. The molecule has 0 bridgehead atoms. The average molecular weight is 735 g/mol. The molecule has 0 heteroatoms. The molecule has 0 radical (unpaired) electrons. The zero-order chi connectivity index (χ0) is 38.4. The van der Waals surface area contributed by atoms with E-state index in [0.29, 0.717) is 0 Å². The summed E-state index contributed by atoms with van der Waals surface area (Å²) in [4.78, 5) is 0. The molecular formula is C58H38. The van der Waals surface area contributed by atoms with E-state index >= 15 is 0 Å². The van der Waals surface area contributed by atoms with Gasteiger partial charge < -0.3 is 0 Å². The van der Waals surface area contributed by atoms with Crippen molar-refractivity contribution in [3.8, 4) is 66.8 Å². The Hall–Kier alpha value is -7.54. The Kier molecular flexibility index (Phi) is 8.26. The Morgan fingerprint density at radius 2 is 0.379 bits per heavy atom. The van der Waals surface area contributed by atoms with Crippen LogP contribution in [0.4, 0.5) is 0 Å². The molecule has 0 N–H and O–H groups in total. The first kappa shape index (κ1) is 33.8. The van der Waals surface area contributed by atoms with Gasteiger partial charge in [-0.05, 0) is 122 Å². The highest BCUT2D eigenvalue weighted by Gasteiger charge is 2.19. The van der Waals surface area contributed by atoms with Crippen molar-refractivity contribution in [2.24, 2.45) is 0 Å². The molecule has 0 saturated heterocycles. The van der Waals surface area contributed by atoms with Crippen LogP contribution in [0.15, 0.2) is 231 Å². The molecule has 0 amide bonds. The molecule has 11 aromatic carbocycles. The fourth-order valence-electron chi connectivity index (χ4n) is 9.38. The largest absolute Gasteiger partial charge is 0.0622 e. The number of fused-ring (bicyclic) bond motifs is 4. The van der Waals surface area contributed by atoms with Gasteiger partial charge in [-0.3, -0.25) is 0 Å². The van der Waals surface area contributed by atoms with Crippen LogP contribution in [0.25, 0.3) is 110 Å². The minimum absolute atomic E-state index is 1.20. The Morgan fingerprint density at radius 1 is 0.155 bits per heavy atom. The molecule has 58 heavy (non-hydrogen) atoms. The van der Waals surface area contributed by atoms with Crippen LogP contribution in [0.1, 0.15) is 0 Å². The molecule has 0 spiro atoms. The van der Waals surface area contributed by atoms with Gasteiger partial charge in [0.05, 0.1) is 0 Å². The lowest BCUT2D eigenvalue weighted by molar-refractivity contribution is 1.57. The minimum Gasteiger partial charge on any atom is -0.0622 e. The van der Waals surface area contributed by atoms with Gasteiger partial charge in [0.1, 0.15) is 0 Å². The van der Waals surface area contributed by atoms with Gasteiger partial charge in [0.2, 0.25) is 0 Å². The zero-order valence-corrected chi connectivity index (χ0v) is 31.9. The van der Waals surface area contributed by atoms with Gasteiger partial charge >= 0.3 is 0 Å². The first-order chi connectivity index (χ1) is 28.8. The maximum atomic E-state index is 2.39. The SMILES string of the molecule is c1ccc(-c2c3ccccc3c(-c3cccc(-c4ccccc4-c4cccc(-c5c6ccccc6c(-c6ccccc6)c6ccccc56)c4)c3)c3ccccc23)cc1. The zero-order valence-electron chi connectivity index (χ0n) is 31.9. The van der Waals surface area contributed by atoms with E-state index in [2.05, 4.69) is 231 Å². The van der Waals surface area contributed by atoms with Gasteiger partial charge in [-0.25, -0.2) is 0 Å². The summed E-state index contributed by atoms with van der Waals surface area (Å²) in [6.45, 7) is 0. The van der Waals surface area contributed by atoms with E-state index < -0.39 is 0 Å². The number of benzene rings is 11. The van der Waals surface area contributed by atoms with E-state index in [1.807, 2.05) is 0 Å². The third-order valence-electron chi connectivity index (χ3n) is 11.8. The molecule has 0 saturated carbocycles. The standard InChI is InChI=1S/C58H38/c1-3-19-39(20-4-1)55-47-29-9-13-33-51(47)57(52-34-14-10-30-48(52)55)43-25-17-23-41(37-43)45-27-7-8-28-46(45)42-24-18-26-44(38-42)58-53-35-15-11-31-49(53)56(40-21-5-2-6-22-40)50-32-12-16-36-54(50)58/h1-38H. The van der Waals surface area contributed by atoms with Gasteiger partial charge in [0.25, 0.3) is 0 Å². The third kappa shape index (κ3) is 5.61. The average Bonchev–Trinajstić information content (AvgIpc) is 3.30. The topological polar surface area (TPSA) is 0 Å². The van der Waals surface area contributed by atoms with Crippen molar-refractivity contribution in [2.75, 3.05) is 0 Å². The fraction of sp³-hybridized carbons (Fsp3) is 0. The summed E-state index contributed by atoms with van der Waals surface area (Å²) in [6.07, 6.45) is 0. The van der Waals surface area contributed by atoms with E-state index in [1.165, 1.54) is 110 Å². The van der Waals surface area contributed by atoms with E-state index in [0.717, 1.165) is 0 Å². The Labute approximate surface area is 339 Å². The molecule has 0 unspecified atom stereocenters. The van der Waals surface area contributed by atoms with Crippen LogP contribution in [0.5, 0.6) is 0 Å². The molecule has 0 aliphatic rings. The maximum Gasteiger partial charge on any atom is -0.00262 e. The van der Waals surface area contributed by atoms with Gasteiger partial charge in [-0.15, -0.1) is 0 Å². The molecule has 11 aromatic rings. The quantitative estimate of drug-likeness (QED) is 0.149. The maximum absolute atomic E-state index is 2.39. The Morgan fingerprint density at radius 3 is 0.690 bits per heavy atom. The second-order valence-electron chi connectivity index (χ2n) is 15.1. The van der Waals surface area contributed by atoms with Crippen LogP contribution in [0.3, 0.4) is 0 Å². The van der Waals surface area contributed by atoms with Gasteiger partial charge in [0.15, 0.2) is 0 Å². The molecule has 0 fully saturated rings. The monoisotopic (exact) mass is 734 g/mol. The van der Waals surface area contributed by atoms with Gasteiger partial charge in [0, 0.05) is 0 Å². The van der Waals surface area contributed by atoms with Crippen LogP contribution in [0.2, 0.25) is 0 Å². The minimum atomic E-state index is 1.20. The highest BCUT2D eigenvalue weighted by Crippen LogP contribution is 2.47. The first-order valence-corrected chi connectivity index (χ1v) is 20.1. The number of hydrogen-bond acceptors (Lipinski definition) is 0. The first-order valence-electron chi connectivity index (χ1n) is 20.1. The number of hydrogen-bond donors (Lipinski definition) is 0. The van der Waals surface area contributed by atoms with Crippen LogP contribution < -0.4 is 0 Å². The van der Waals surface area contributed by atoms with Crippen LogP contribution in [-0.2, 0) is 0 Å². The lowest BCUT2D eigenvalue weighted by Gasteiger charge is -2.19. The Bertz CT molecular complexity index is 2980. The van der Waals surface area contributed by atoms with Crippen molar-refractivity contribution >= 4 is 43.1 Å². The van der Waals surface area contributed by atoms with E-state index in [-0.39, 0.29) is 0 Å². The predicted octanol–water partition coefficient (Wildman–Crippen LogP) is 16.3. The molecule has 0 atom stereocenters. The molecule has 0 aliphatic heterocycles. The summed E-state index contributed by atoms with van der Waals surface area (Å²) >= 11 is 0. The smallest absolute Gasteiger partial charge is 0.00262 e. The van der Waals surface area contributed by atoms with Gasteiger partial charge in [-0.2, -0.15) is 0 Å². The van der Waals surface area contributed by atoms with Crippen molar-refractivity contribution < 1.29 is 0 Å². The molecular weight excluding hydrogens is 697 g/mol. The van der Waals surface area contributed by atoms with Crippen molar-refractivity contribution in [2.45, 2.75) is 0 Å². The molecule has 11 rings (SSSR count). The van der Waals surface area contributed by atoms with E-state index in [4.69, 9.17) is 0 Å². The van der Waals surface area contributed by atoms with Crippen molar-refractivity contribution in [1.82, 2.24) is 0 Å². The summed E-state index contributed by atoms with van der Waals surface area (Å²) in [5, 5.41) is 10.1. The predicted molar refractivity (Wildman–Crippen MR) is 249 cm³/mol. The van der Waals surface area contributed by atoms with Crippen molar-refractivity contribution in [1.29, 1.82) is 0 Å². The normalized spacial score (nSPS) is 11.4. The van der Waals surface area contributed by atoms with E-state index in [9.17, 15) is 0 Å². The number of rotatable bonds is 6. The Balaban J connectivity index is 1.08.